The number of rotatable bonds is 3. The lowest BCUT2D eigenvalue weighted by molar-refractivity contribution is -0.123. The number of fused-ring (bicyclic) bond motifs is 1. The summed E-state index contributed by atoms with van der Waals surface area (Å²) in [5.74, 6) is 0.187. The van der Waals surface area contributed by atoms with E-state index in [1.807, 2.05) is 37.4 Å². The largest absolute Gasteiger partial charge is 0.313 e. The molecule has 130 valence electrons. The monoisotopic (exact) mass is 355 g/mol. The quantitative estimate of drug-likeness (QED) is 0.846. The maximum absolute atomic E-state index is 12.7. The number of para-hydroxylation sites is 1. The number of halogens is 1. The van der Waals surface area contributed by atoms with E-state index in [0.29, 0.717) is 0 Å². The van der Waals surface area contributed by atoms with E-state index in [9.17, 15) is 4.79 Å². The van der Waals surface area contributed by atoms with Gasteiger partial charge < -0.3 is 4.90 Å². The Bertz CT molecular complexity index is 769. The van der Waals surface area contributed by atoms with E-state index in [2.05, 4.69) is 28.0 Å². The summed E-state index contributed by atoms with van der Waals surface area (Å²) in [6, 6.07) is 16.1. The van der Waals surface area contributed by atoms with Crippen LogP contribution in [0.25, 0.3) is 0 Å². The molecule has 0 N–H and O–H groups in total. The van der Waals surface area contributed by atoms with Gasteiger partial charge in [0.25, 0.3) is 0 Å². The summed E-state index contributed by atoms with van der Waals surface area (Å²) in [6.45, 7) is 4.69. The first-order chi connectivity index (χ1) is 12.1. The van der Waals surface area contributed by atoms with Crippen molar-refractivity contribution in [1.82, 2.24) is 9.80 Å². The summed E-state index contributed by atoms with van der Waals surface area (Å²) in [6.07, 6.45) is 0. The van der Waals surface area contributed by atoms with Crippen LogP contribution in [0.3, 0.4) is 0 Å². The van der Waals surface area contributed by atoms with Crippen LogP contribution in [0.5, 0.6) is 0 Å². The van der Waals surface area contributed by atoms with Crippen LogP contribution >= 0.6 is 11.6 Å². The van der Waals surface area contributed by atoms with E-state index in [-0.39, 0.29) is 11.9 Å². The van der Waals surface area contributed by atoms with Crippen LogP contribution in [0.4, 0.5) is 5.69 Å². The second kappa shape index (κ2) is 6.79. The van der Waals surface area contributed by atoms with Crippen LogP contribution in [-0.2, 0) is 11.3 Å². The Morgan fingerprint density at radius 2 is 1.68 bits per heavy atom. The molecule has 2 aromatic rings. The summed E-state index contributed by atoms with van der Waals surface area (Å²) in [4.78, 5) is 19.3. The third-order valence-electron chi connectivity index (χ3n) is 5.25. The minimum Gasteiger partial charge on any atom is -0.313 e. The molecule has 0 aromatic heterocycles. The maximum atomic E-state index is 12.7. The Morgan fingerprint density at radius 3 is 2.40 bits per heavy atom. The van der Waals surface area contributed by atoms with Gasteiger partial charge in [0, 0.05) is 56.0 Å². The normalized spacial score (nSPS) is 21.6. The molecule has 0 bridgehead atoms. The van der Waals surface area contributed by atoms with Crippen molar-refractivity contribution in [3.63, 3.8) is 0 Å². The molecule has 0 aliphatic carbocycles. The lowest BCUT2D eigenvalue weighted by atomic mass is 10.1. The minimum atomic E-state index is -0.126. The number of piperazine rings is 1. The van der Waals surface area contributed by atoms with Crippen LogP contribution in [0, 0.1) is 0 Å². The third kappa shape index (κ3) is 3.17. The van der Waals surface area contributed by atoms with Gasteiger partial charge in [0.1, 0.15) is 6.04 Å². The molecule has 2 aliphatic heterocycles. The van der Waals surface area contributed by atoms with E-state index in [1.165, 1.54) is 5.56 Å². The number of carbonyl (C=O) groups is 1. The van der Waals surface area contributed by atoms with Crippen LogP contribution in [0.15, 0.2) is 48.5 Å². The highest BCUT2D eigenvalue weighted by molar-refractivity contribution is 6.30. The predicted molar refractivity (Wildman–Crippen MR) is 101 cm³/mol. The van der Waals surface area contributed by atoms with Crippen molar-refractivity contribution < 1.29 is 4.79 Å². The van der Waals surface area contributed by atoms with Crippen LogP contribution < -0.4 is 4.90 Å². The highest BCUT2D eigenvalue weighted by Gasteiger charge is 2.39. The van der Waals surface area contributed by atoms with Crippen LogP contribution in [-0.4, -0.2) is 48.9 Å². The van der Waals surface area contributed by atoms with E-state index in [4.69, 9.17) is 11.6 Å². The lowest BCUT2D eigenvalue weighted by Gasteiger charge is -2.37. The number of hydrogen-bond donors (Lipinski definition) is 0. The molecule has 2 aliphatic rings. The van der Waals surface area contributed by atoms with Crippen molar-refractivity contribution in [2.24, 2.45) is 0 Å². The highest BCUT2D eigenvalue weighted by Crippen LogP contribution is 2.38. The summed E-state index contributed by atoms with van der Waals surface area (Å²) < 4.78 is 0. The van der Waals surface area contributed by atoms with Gasteiger partial charge in [-0.05, 0) is 23.8 Å². The van der Waals surface area contributed by atoms with E-state index in [0.717, 1.165) is 49.0 Å². The molecule has 2 heterocycles. The molecule has 5 heteroatoms. The fourth-order valence-electron chi connectivity index (χ4n) is 3.84. The van der Waals surface area contributed by atoms with Crippen molar-refractivity contribution in [3.8, 4) is 0 Å². The maximum Gasteiger partial charge on any atom is 0.248 e. The molecule has 1 saturated heterocycles. The Labute approximate surface area is 153 Å². The molecule has 4 nitrogen and oxygen atoms in total. The molecule has 1 unspecified atom stereocenters. The van der Waals surface area contributed by atoms with Gasteiger partial charge in [-0.15, -0.1) is 0 Å². The number of carbonyl (C=O) groups excluding carboxylic acids is 1. The molecular formula is C20H22ClN3O. The van der Waals surface area contributed by atoms with Crippen molar-refractivity contribution in [1.29, 1.82) is 0 Å². The second-order valence-corrected chi connectivity index (χ2v) is 7.23. The smallest absolute Gasteiger partial charge is 0.248 e. The van der Waals surface area contributed by atoms with Gasteiger partial charge in [-0.3, -0.25) is 14.6 Å². The summed E-state index contributed by atoms with van der Waals surface area (Å²) in [5.41, 5.74) is 3.46. The zero-order valence-corrected chi connectivity index (χ0v) is 15.1. The third-order valence-corrected chi connectivity index (χ3v) is 5.50. The van der Waals surface area contributed by atoms with Crippen LogP contribution in [0.1, 0.15) is 17.2 Å². The first-order valence-corrected chi connectivity index (χ1v) is 9.08. The average Bonchev–Trinajstić information content (AvgIpc) is 2.89. The molecule has 4 rings (SSSR count). The Balaban J connectivity index is 1.42. The minimum absolute atomic E-state index is 0.126. The molecule has 0 spiro atoms. The van der Waals surface area contributed by atoms with Crippen LogP contribution in [0.2, 0.25) is 5.02 Å². The number of amides is 1. The molecule has 0 saturated carbocycles. The standard InChI is InChI=1S/C20H22ClN3O/c1-22-18-5-3-2-4-17(18)19(20(22)25)24-12-10-23(11-13-24)14-15-6-8-16(21)9-7-15/h2-9,19H,10-14H2,1H3. The first kappa shape index (κ1) is 16.6. The second-order valence-electron chi connectivity index (χ2n) is 6.80. The van der Waals surface area contributed by atoms with Gasteiger partial charge in [0.15, 0.2) is 0 Å². The average molecular weight is 356 g/mol. The van der Waals surface area contributed by atoms with E-state index in [1.54, 1.807) is 4.90 Å². The fourth-order valence-corrected chi connectivity index (χ4v) is 3.97. The topological polar surface area (TPSA) is 26.8 Å². The molecule has 1 atom stereocenters. The molecule has 2 aromatic carbocycles. The molecule has 0 radical (unpaired) electrons. The highest BCUT2D eigenvalue weighted by atomic mass is 35.5. The lowest BCUT2D eigenvalue weighted by Crippen LogP contribution is -2.49. The van der Waals surface area contributed by atoms with Gasteiger partial charge in [0.2, 0.25) is 5.91 Å². The van der Waals surface area contributed by atoms with Gasteiger partial charge in [0.05, 0.1) is 0 Å². The van der Waals surface area contributed by atoms with Gasteiger partial charge in [-0.2, -0.15) is 0 Å². The SMILES string of the molecule is CN1C(=O)C(N2CCN(Cc3ccc(Cl)cc3)CC2)c2ccccc21. The predicted octanol–water partition coefficient (Wildman–Crippen LogP) is 3.18. The van der Waals surface area contributed by atoms with E-state index >= 15 is 0 Å². The van der Waals surface area contributed by atoms with Gasteiger partial charge in [-0.25, -0.2) is 0 Å². The van der Waals surface area contributed by atoms with Gasteiger partial charge in [-0.1, -0.05) is 41.9 Å². The number of anilines is 1. The first-order valence-electron chi connectivity index (χ1n) is 8.71. The Kier molecular flexibility index (Phi) is 4.50. The molecular weight excluding hydrogens is 334 g/mol. The molecule has 1 fully saturated rings. The fraction of sp³-hybridized carbons (Fsp3) is 0.350. The van der Waals surface area contributed by atoms with Crippen molar-refractivity contribution >= 4 is 23.2 Å². The Hall–Kier alpha value is -1.88. The summed E-state index contributed by atoms with van der Waals surface area (Å²) >= 11 is 5.96. The van der Waals surface area contributed by atoms with E-state index < -0.39 is 0 Å². The number of benzene rings is 2. The van der Waals surface area contributed by atoms with Gasteiger partial charge >= 0.3 is 0 Å². The zero-order valence-electron chi connectivity index (χ0n) is 14.4. The molecule has 25 heavy (non-hydrogen) atoms. The zero-order chi connectivity index (χ0) is 17.4. The Morgan fingerprint density at radius 1 is 1.00 bits per heavy atom. The van der Waals surface area contributed by atoms with Crippen molar-refractivity contribution in [2.75, 3.05) is 38.1 Å². The number of hydrogen-bond acceptors (Lipinski definition) is 3. The number of nitrogens with zero attached hydrogens (tertiary/aromatic N) is 3. The van der Waals surface area contributed by atoms with Crippen molar-refractivity contribution in [2.45, 2.75) is 12.6 Å². The summed E-state index contributed by atoms with van der Waals surface area (Å²) in [7, 11) is 1.87. The summed E-state index contributed by atoms with van der Waals surface area (Å²) in [5, 5.41) is 0.774. The molecule has 1 amide bonds. The number of likely N-dealkylation sites (N-methyl/N-ethyl adjacent to an activating group) is 1. The van der Waals surface area contributed by atoms with Crippen molar-refractivity contribution in [3.05, 3.63) is 64.7 Å².